The second-order valence-electron chi connectivity index (χ2n) is 9.73. The van der Waals surface area contributed by atoms with Crippen molar-refractivity contribution < 1.29 is 4.79 Å². The third kappa shape index (κ3) is 4.66. The van der Waals surface area contributed by atoms with Crippen molar-refractivity contribution in [2.24, 2.45) is 5.92 Å². The number of imidazole rings is 1. The number of fused-ring (bicyclic) bond motifs is 2. The summed E-state index contributed by atoms with van der Waals surface area (Å²) in [6.45, 7) is 1.94. The van der Waals surface area contributed by atoms with Crippen LogP contribution in [0.2, 0.25) is 0 Å². The van der Waals surface area contributed by atoms with Crippen LogP contribution in [-0.2, 0) is 4.79 Å². The molecule has 0 aliphatic carbocycles. The van der Waals surface area contributed by atoms with Crippen LogP contribution in [0.3, 0.4) is 0 Å². The first kappa shape index (κ1) is 23.6. The van der Waals surface area contributed by atoms with Crippen LogP contribution in [0.4, 0.5) is 5.69 Å². The molecule has 1 aliphatic rings. The summed E-state index contributed by atoms with van der Waals surface area (Å²) in [4.78, 5) is 34.6. The highest BCUT2D eigenvalue weighted by molar-refractivity contribution is 7.08. The molecule has 0 atom stereocenters. The van der Waals surface area contributed by atoms with Crippen molar-refractivity contribution in [1.29, 1.82) is 0 Å². The molecule has 0 spiro atoms. The molecule has 194 valence electrons. The van der Waals surface area contributed by atoms with Gasteiger partial charge in [-0.3, -0.25) is 14.9 Å². The number of hydrogen-bond acceptors (Lipinski definition) is 8. The number of carbonyl (C=O) groups is 1. The van der Waals surface area contributed by atoms with Crippen molar-refractivity contribution in [2.75, 3.05) is 18.4 Å². The Kier molecular flexibility index (Phi) is 6.06. The topological polar surface area (TPSA) is 137 Å². The summed E-state index contributed by atoms with van der Waals surface area (Å²) < 4.78 is 0. The molecular weight excluding hydrogens is 510 g/mol. The number of nitrogens with one attached hydrogen (secondary N) is 4. The molecular formula is C28H25N9OS. The maximum atomic E-state index is 12.6. The standard InChI is InChI=1S/C28H25N9OS/c38-23(11-16-3-7-29-8-4-16)32-19-12-18(13-30-14-19)21-1-2-22-25(33-21)26(37-36-22)28-34-24-20(17-6-10-39-15-17)5-9-31-27(24)35-28/h1-2,5-6,9-10,12-16,29H,3-4,7-8,11H2,(H,32,38)(H,36,37)(H,31,34,35). The lowest BCUT2D eigenvalue weighted by atomic mass is 9.94. The number of anilines is 1. The van der Waals surface area contributed by atoms with Crippen LogP contribution in [-0.4, -0.2) is 54.1 Å². The maximum absolute atomic E-state index is 12.6. The smallest absolute Gasteiger partial charge is 0.224 e. The molecule has 10 nitrogen and oxygen atoms in total. The lowest BCUT2D eigenvalue weighted by Crippen LogP contribution is -2.30. The molecule has 4 N–H and O–H groups in total. The van der Waals surface area contributed by atoms with E-state index in [0.29, 0.717) is 40.7 Å². The molecule has 1 aliphatic heterocycles. The second-order valence-corrected chi connectivity index (χ2v) is 10.5. The van der Waals surface area contributed by atoms with E-state index in [4.69, 9.17) is 9.97 Å². The fourth-order valence-electron chi connectivity index (χ4n) is 5.11. The SMILES string of the molecule is O=C(CC1CCNCC1)Nc1cncc(-c2ccc3[nH]nc(-c4nc5c(-c6ccsc6)ccnc5[nH]4)c3n2)c1. The summed E-state index contributed by atoms with van der Waals surface area (Å²) in [5.41, 5.74) is 7.87. The molecule has 0 radical (unpaired) electrons. The van der Waals surface area contributed by atoms with Crippen LogP contribution in [0.5, 0.6) is 0 Å². The van der Waals surface area contributed by atoms with E-state index in [1.165, 1.54) is 0 Å². The molecule has 6 aromatic heterocycles. The fourth-order valence-corrected chi connectivity index (χ4v) is 5.76. The van der Waals surface area contributed by atoms with Gasteiger partial charge in [0.2, 0.25) is 5.91 Å². The van der Waals surface area contributed by atoms with E-state index < -0.39 is 0 Å². The molecule has 1 amide bonds. The number of pyridine rings is 3. The molecule has 7 rings (SSSR count). The number of nitrogens with zero attached hydrogens (tertiary/aromatic N) is 5. The van der Waals surface area contributed by atoms with Gasteiger partial charge in [0, 0.05) is 29.9 Å². The Labute approximate surface area is 227 Å². The molecule has 0 bridgehead atoms. The molecule has 39 heavy (non-hydrogen) atoms. The molecule has 1 fully saturated rings. The second kappa shape index (κ2) is 10.0. The molecule has 0 aromatic carbocycles. The van der Waals surface area contributed by atoms with Crippen molar-refractivity contribution in [3.63, 3.8) is 0 Å². The maximum Gasteiger partial charge on any atom is 0.224 e. The number of hydrogen-bond donors (Lipinski definition) is 4. The van der Waals surface area contributed by atoms with E-state index in [-0.39, 0.29) is 5.91 Å². The molecule has 0 saturated carbocycles. The number of aromatic amines is 2. The summed E-state index contributed by atoms with van der Waals surface area (Å²) in [7, 11) is 0. The average Bonchev–Trinajstić information content (AvgIpc) is 3.73. The van der Waals surface area contributed by atoms with Crippen LogP contribution < -0.4 is 10.6 Å². The minimum Gasteiger partial charge on any atom is -0.325 e. The van der Waals surface area contributed by atoms with Crippen LogP contribution >= 0.6 is 11.3 Å². The zero-order chi connectivity index (χ0) is 26.2. The number of carbonyl (C=O) groups excluding carboxylic acids is 1. The Balaban J connectivity index is 1.19. The molecule has 1 saturated heterocycles. The van der Waals surface area contributed by atoms with Crippen LogP contribution in [0.1, 0.15) is 19.3 Å². The zero-order valence-electron chi connectivity index (χ0n) is 20.9. The minimum absolute atomic E-state index is 0.0155. The normalized spacial score (nSPS) is 14.3. The first-order valence-corrected chi connectivity index (χ1v) is 13.8. The van der Waals surface area contributed by atoms with Crippen molar-refractivity contribution in [3.05, 3.63) is 59.7 Å². The van der Waals surface area contributed by atoms with Gasteiger partial charge < -0.3 is 15.6 Å². The average molecular weight is 536 g/mol. The Morgan fingerprint density at radius 2 is 1.97 bits per heavy atom. The van der Waals surface area contributed by atoms with E-state index in [1.807, 2.05) is 29.6 Å². The van der Waals surface area contributed by atoms with Crippen molar-refractivity contribution in [3.8, 4) is 33.9 Å². The third-order valence-corrected chi connectivity index (χ3v) is 7.78. The quantitative estimate of drug-likeness (QED) is 0.235. The van der Waals surface area contributed by atoms with Gasteiger partial charge in [0.25, 0.3) is 0 Å². The molecule has 0 unspecified atom stereocenters. The summed E-state index contributed by atoms with van der Waals surface area (Å²) in [6, 6.07) is 9.80. The molecule has 7 heterocycles. The highest BCUT2D eigenvalue weighted by atomic mass is 32.1. The monoisotopic (exact) mass is 535 g/mol. The minimum atomic E-state index is 0.0155. The summed E-state index contributed by atoms with van der Waals surface area (Å²) >= 11 is 1.64. The molecule has 6 aromatic rings. The van der Waals surface area contributed by atoms with Crippen LogP contribution in [0.15, 0.2) is 59.7 Å². The van der Waals surface area contributed by atoms with Gasteiger partial charge in [0.05, 0.1) is 23.1 Å². The first-order chi connectivity index (χ1) is 19.2. The first-order valence-electron chi connectivity index (χ1n) is 12.9. The number of H-pyrrole nitrogens is 2. The lowest BCUT2D eigenvalue weighted by Gasteiger charge is -2.21. The summed E-state index contributed by atoms with van der Waals surface area (Å²) in [5, 5.41) is 18.1. The Bertz CT molecular complexity index is 1780. The van der Waals surface area contributed by atoms with Crippen molar-refractivity contribution in [2.45, 2.75) is 19.3 Å². The predicted molar refractivity (Wildman–Crippen MR) is 152 cm³/mol. The number of thiophene rings is 1. The highest BCUT2D eigenvalue weighted by Gasteiger charge is 2.19. The number of amides is 1. The zero-order valence-corrected chi connectivity index (χ0v) is 21.8. The van der Waals surface area contributed by atoms with E-state index in [0.717, 1.165) is 59.3 Å². The van der Waals surface area contributed by atoms with Crippen molar-refractivity contribution >= 4 is 45.1 Å². The summed E-state index contributed by atoms with van der Waals surface area (Å²) in [5.74, 6) is 1.02. The van der Waals surface area contributed by atoms with Crippen LogP contribution in [0, 0.1) is 5.92 Å². The van der Waals surface area contributed by atoms with Gasteiger partial charge in [-0.1, -0.05) is 0 Å². The Morgan fingerprint density at radius 3 is 2.85 bits per heavy atom. The van der Waals surface area contributed by atoms with Gasteiger partial charge in [0.1, 0.15) is 11.0 Å². The van der Waals surface area contributed by atoms with Gasteiger partial charge in [-0.2, -0.15) is 16.4 Å². The molecule has 11 heteroatoms. The third-order valence-electron chi connectivity index (χ3n) is 7.10. The van der Waals surface area contributed by atoms with Gasteiger partial charge in [-0.15, -0.1) is 0 Å². The van der Waals surface area contributed by atoms with E-state index in [9.17, 15) is 4.79 Å². The highest BCUT2D eigenvalue weighted by Crippen LogP contribution is 2.32. The Morgan fingerprint density at radius 1 is 1.05 bits per heavy atom. The van der Waals surface area contributed by atoms with Gasteiger partial charge >= 0.3 is 0 Å². The van der Waals surface area contributed by atoms with E-state index in [1.54, 1.807) is 29.9 Å². The lowest BCUT2D eigenvalue weighted by molar-refractivity contribution is -0.117. The van der Waals surface area contributed by atoms with Crippen LogP contribution in [0.25, 0.3) is 56.1 Å². The number of piperidine rings is 1. The Hall–Kier alpha value is -4.48. The van der Waals surface area contributed by atoms with Gasteiger partial charge in [0.15, 0.2) is 17.2 Å². The summed E-state index contributed by atoms with van der Waals surface area (Å²) in [6.07, 6.45) is 7.77. The van der Waals surface area contributed by atoms with E-state index >= 15 is 0 Å². The van der Waals surface area contributed by atoms with E-state index in [2.05, 4.69) is 47.2 Å². The number of aromatic nitrogens is 7. The van der Waals surface area contributed by atoms with Crippen molar-refractivity contribution in [1.82, 2.24) is 40.4 Å². The number of rotatable bonds is 6. The van der Waals surface area contributed by atoms with Gasteiger partial charge in [-0.25, -0.2) is 15.0 Å². The van der Waals surface area contributed by atoms with Gasteiger partial charge in [-0.05, 0) is 78.5 Å². The fraction of sp³-hybridized carbons (Fsp3) is 0.214. The predicted octanol–water partition coefficient (Wildman–Crippen LogP) is 5.01. The largest absolute Gasteiger partial charge is 0.325 e.